The van der Waals surface area contributed by atoms with Gasteiger partial charge in [-0.15, -0.1) is 11.8 Å². The fourth-order valence-electron chi connectivity index (χ4n) is 11.3. The molecule has 1 aliphatic heterocycles. The first-order chi connectivity index (χ1) is 40.5. The Kier molecular flexibility index (Phi) is 33.3. The van der Waals surface area contributed by atoms with Crippen LogP contribution in [0.4, 0.5) is 0 Å². The molecule has 23 nitrogen and oxygen atoms in total. The van der Waals surface area contributed by atoms with Gasteiger partial charge in [-0.05, 0) is 99.6 Å². The van der Waals surface area contributed by atoms with Crippen molar-refractivity contribution < 1.29 is 57.8 Å². The Hall–Kier alpha value is -5.52. The van der Waals surface area contributed by atoms with Crippen LogP contribution in [0.25, 0.3) is 0 Å². The van der Waals surface area contributed by atoms with Gasteiger partial charge in [-0.3, -0.25) is 52.7 Å². The fourth-order valence-corrected chi connectivity index (χ4v) is 12.1. The smallest absolute Gasteiger partial charge is 0.256 e. The third kappa shape index (κ3) is 21.9. The normalized spacial score (nSPS) is 27.2. The number of unbranched alkanes of at least 4 members (excludes halogenated alkanes) is 1. The van der Waals surface area contributed by atoms with E-state index in [1.54, 1.807) is 54.7 Å². The van der Waals surface area contributed by atoms with Crippen molar-refractivity contribution in [1.82, 2.24) is 55.6 Å². The molecule has 5 N–H and O–H groups in total. The minimum Gasteiger partial charge on any atom is -0.390 e. The summed E-state index contributed by atoms with van der Waals surface area (Å²) in [7, 11) is 10.0. The molecule has 88 heavy (non-hydrogen) atoms. The predicted octanol–water partition coefficient (Wildman–Crippen LogP) is 4.43. The van der Waals surface area contributed by atoms with Gasteiger partial charge in [0.1, 0.15) is 60.4 Å². The van der Waals surface area contributed by atoms with Crippen LogP contribution < -0.4 is 21.3 Å². The summed E-state index contributed by atoms with van der Waals surface area (Å²) in [4.78, 5) is 171. The Labute approximate surface area is 532 Å². The Balaban J connectivity index is 4.45. The zero-order chi connectivity index (χ0) is 68.4. The van der Waals surface area contributed by atoms with Crippen LogP contribution in [-0.2, 0) is 52.7 Å². The molecule has 0 aromatic rings. The van der Waals surface area contributed by atoms with E-state index in [2.05, 4.69) is 21.3 Å². The zero-order valence-electron chi connectivity index (χ0n) is 58.5. The number of aliphatic hydroxyl groups excluding tert-OH is 1. The molecule has 0 spiro atoms. The van der Waals surface area contributed by atoms with Crippen LogP contribution in [0, 0.1) is 47.3 Å². The van der Waals surface area contributed by atoms with Gasteiger partial charge in [-0.1, -0.05) is 124 Å². The molecule has 13 atom stereocenters. The summed E-state index contributed by atoms with van der Waals surface area (Å²) < 4.78 is 0. The highest BCUT2D eigenvalue weighted by Gasteiger charge is 2.47. The molecule has 1 aliphatic rings. The van der Waals surface area contributed by atoms with E-state index in [1.807, 2.05) is 62.3 Å². The van der Waals surface area contributed by atoms with E-state index in [9.17, 15) is 38.7 Å². The van der Waals surface area contributed by atoms with Crippen molar-refractivity contribution >= 4 is 76.7 Å². The number of hydrogen-bond donors (Lipinski definition) is 5. The van der Waals surface area contributed by atoms with Crippen LogP contribution in [0.15, 0.2) is 0 Å². The maximum atomic E-state index is 15.3. The quantitative estimate of drug-likeness (QED) is 0.135. The van der Waals surface area contributed by atoms with Crippen LogP contribution >= 0.6 is 11.8 Å². The summed E-state index contributed by atoms with van der Waals surface area (Å²) in [6.45, 7) is 32.0. The van der Waals surface area contributed by atoms with Gasteiger partial charge in [0.15, 0.2) is 5.37 Å². The number of nitrogens with one attached hydrogen (secondary N) is 4. The van der Waals surface area contributed by atoms with Gasteiger partial charge in [0.05, 0.1) is 6.10 Å². The molecule has 1 saturated heterocycles. The number of thioether (sulfide) groups is 1. The average molecular weight is 1260 g/mol. The lowest BCUT2D eigenvalue weighted by atomic mass is 9.90. The molecule has 1 heterocycles. The predicted molar refractivity (Wildman–Crippen MR) is 346 cm³/mol. The number of amides is 11. The van der Waals surface area contributed by atoms with E-state index in [-0.39, 0.29) is 49.4 Å². The first-order valence-electron chi connectivity index (χ1n) is 31.8. The van der Waals surface area contributed by atoms with Gasteiger partial charge >= 0.3 is 0 Å². The number of aliphatic hydroxyl groups is 1. The molecule has 24 heteroatoms. The zero-order valence-corrected chi connectivity index (χ0v) is 59.3. The monoisotopic (exact) mass is 1260 g/mol. The van der Waals surface area contributed by atoms with Crippen molar-refractivity contribution in [3.63, 3.8) is 0 Å². The average Bonchev–Trinajstić information content (AvgIpc) is 1.45. The van der Waals surface area contributed by atoms with E-state index < -0.39 is 161 Å². The molecular formula is C64H117N11O12S. The van der Waals surface area contributed by atoms with Crippen molar-refractivity contribution in [3.05, 3.63) is 0 Å². The standard InChI is InChI=1S/C64H117N11O12S/c1-27-28-29-41(16)52(76)51-56(80)68-49(39(12)13)61(85)75(25)64(88-26)63(87)70(20)45(31-35(4)5)55(79)67-48(38(10)11)60(84)69(19)44(30-34(2)3)54(78)65-42(17)53(77)66-43(18)57(81)71(21)46(32-36(6)7)58(82)72(22)47(33-37(8)9)59(83)73(23)50(40(14)15)62(86)74(51)24/h34-52,64,76H,27-33H2,1-26H3,(H,65,78)(H,66,77)(H,67,79)(H,68,80)/t41-,42+,43-,44+,45+,46+,47+,48+,49+,50+,51+,52?,64-/m1/s1. The number of carbonyl (C=O) groups excluding carboxylic acids is 11. The molecule has 0 radical (unpaired) electrons. The summed E-state index contributed by atoms with van der Waals surface area (Å²) in [5, 5.41) is 22.2. The second-order valence-corrected chi connectivity index (χ2v) is 28.4. The lowest BCUT2D eigenvalue weighted by Crippen LogP contribution is -2.64. The Bertz CT molecular complexity index is 2370. The fraction of sp³-hybridized carbons (Fsp3) is 0.828. The number of carbonyl (C=O) groups is 11. The number of likely N-dealkylation sites (N-methyl/N-ethyl adjacent to an activating group) is 7. The van der Waals surface area contributed by atoms with Gasteiger partial charge in [0.25, 0.3) is 5.91 Å². The van der Waals surface area contributed by atoms with Gasteiger partial charge in [-0.25, -0.2) is 0 Å². The van der Waals surface area contributed by atoms with Gasteiger partial charge in [0.2, 0.25) is 59.1 Å². The van der Waals surface area contributed by atoms with Crippen molar-refractivity contribution in [1.29, 1.82) is 0 Å². The SMILES string of the molecule is CCCC[C@@H](C)C(O)[C@H]1C(=O)N[C@@H](C(C)C)C(=O)N(C)[C@H](SC)C(=O)N(C)[C@@H](CC(C)C)C(=O)N[C@@H](C(C)C)C(=O)N(C)[C@@H](CC(C)C)C(=O)N[C@@H](C)C(=O)N[C@H](C)C(=O)N(C)[C@@H](CC(C)C)C(=O)N(C)[C@@H](CC(C)C)C(=O)N(C)[C@@H](C(C)C)C(=O)N1C. The molecule has 11 amide bonds. The number of nitrogens with zero attached hydrogens (tertiary/aromatic N) is 7. The maximum Gasteiger partial charge on any atom is 0.256 e. The third-order valence-corrected chi connectivity index (χ3v) is 17.9. The van der Waals surface area contributed by atoms with E-state index in [0.717, 1.165) is 23.1 Å². The summed E-state index contributed by atoms with van der Waals surface area (Å²) in [6.07, 6.45) is 2.72. The van der Waals surface area contributed by atoms with Gasteiger partial charge < -0.3 is 60.7 Å². The lowest BCUT2D eigenvalue weighted by molar-refractivity contribution is -0.157. The van der Waals surface area contributed by atoms with Gasteiger partial charge in [0, 0.05) is 49.3 Å². The second-order valence-electron chi connectivity index (χ2n) is 27.5. The van der Waals surface area contributed by atoms with Crippen LogP contribution in [-0.4, -0.2) is 232 Å². The topological polar surface area (TPSA) is 279 Å². The molecule has 1 fully saturated rings. The minimum absolute atomic E-state index is 0.134. The maximum absolute atomic E-state index is 15.3. The summed E-state index contributed by atoms with van der Waals surface area (Å²) in [5.74, 6) is -10.2. The van der Waals surface area contributed by atoms with Crippen molar-refractivity contribution in [2.24, 2.45) is 47.3 Å². The van der Waals surface area contributed by atoms with E-state index in [1.165, 1.54) is 92.6 Å². The van der Waals surface area contributed by atoms with Crippen molar-refractivity contribution in [2.45, 2.75) is 241 Å². The minimum atomic E-state index is -1.60. The molecule has 0 saturated carbocycles. The van der Waals surface area contributed by atoms with Crippen LogP contribution in [0.3, 0.4) is 0 Å². The summed E-state index contributed by atoms with van der Waals surface area (Å²) >= 11 is 1.02. The molecule has 0 bridgehead atoms. The molecule has 506 valence electrons. The third-order valence-electron chi connectivity index (χ3n) is 16.9. The molecule has 0 aliphatic carbocycles. The van der Waals surface area contributed by atoms with E-state index in [0.29, 0.717) is 12.8 Å². The Morgan fingerprint density at radius 1 is 0.398 bits per heavy atom. The first-order valence-corrected chi connectivity index (χ1v) is 33.1. The van der Waals surface area contributed by atoms with E-state index in [4.69, 9.17) is 0 Å². The summed E-state index contributed by atoms with van der Waals surface area (Å²) in [6, 6.07) is -12.4. The first kappa shape index (κ1) is 80.5. The largest absolute Gasteiger partial charge is 0.390 e. The van der Waals surface area contributed by atoms with Crippen LogP contribution in [0.5, 0.6) is 0 Å². The lowest BCUT2D eigenvalue weighted by Gasteiger charge is -2.42. The van der Waals surface area contributed by atoms with Crippen molar-refractivity contribution in [2.75, 3.05) is 55.6 Å². The number of hydrogen-bond acceptors (Lipinski definition) is 13. The molecule has 0 aromatic carbocycles. The van der Waals surface area contributed by atoms with Gasteiger partial charge in [-0.2, -0.15) is 0 Å². The van der Waals surface area contributed by atoms with Crippen LogP contribution in [0.2, 0.25) is 0 Å². The highest BCUT2D eigenvalue weighted by molar-refractivity contribution is 7.99. The van der Waals surface area contributed by atoms with Crippen LogP contribution in [0.1, 0.15) is 170 Å². The van der Waals surface area contributed by atoms with E-state index >= 15 is 19.2 Å². The molecule has 0 aromatic heterocycles. The Morgan fingerprint density at radius 2 is 0.750 bits per heavy atom. The molecule has 1 unspecified atom stereocenters. The molecule has 1 rings (SSSR count). The summed E-state index contributed by atoms with van der Waals surface area (Å²) in [5.41, 5.74) is 0. The highest BCUT2D eigenvalue weighted by Crippen LogP contribution is 2.27. The second kappa shape index (κ2) is 36.4. The van der Waals surface area contributed by atoms with Crippen molar-refractivity contribution in [3.8, 4) is 0 Å². The number of rotatable bonds is 17. The highest BCUT2D eigenvalue weighted by atomic mass is 32.2. The Morgan fingerprint density at radius 3 is 1.16 bits per heavy atom. The molecular weight excluding hydrogens is 1150 g/mol.